The second-order valence-electron chi connectivity index (χ2n) is 7.84. The molecule has 32 heavy (non-hydrogen) atoms. The monoisotopic (exact) mass is 435 g/mol. The van der Waals surface area contributed by atoms with E-state index in [9.17, 15) is 4.79 Å². The summed E-state index contributed by atoms with van der Waals surface area (Å²) < 4.78 is 16.3. The number of aromatic nitrogens is 3. The number of aryl methyl sites for hydroxylation is 1. The van der Waals surface area contributed by atoms with Gasteiger partial charge in [0.25, 0.3) is 11.8 Å². The van der Waals surface area contributed by atoms with Crippen LogP contribution in [0, 0.1) is 0 Å². The van der Waals surface area contributed by atoms with Crippen LogP contribution in [-0.4, -0.2) is 58.9 Å². The Labute approximate surface area is 185 Å². The molecule has 2 aliphatic heterocycles. The second-order valence-corrected chi connectivity index (χ2v) is 7.84. The van der Waals surface area contributed by atoms with Crippen molar-refractivity contribution in [2.24, 2.45) is 0 Å². The number of pyridine rings is 1. The maximum atomic E-state index is 13.1. The zero-order chi connectivity index (χ0) is 21.9. The van der Waals surface area contributed by atoms with Gasteiger partial charge in [-0.2, -0.15) is 4.98 Å². The van der Waals surface area contributed by atoms with E-state index in [1.807, 2.05) is 17.0 Å². The molecule has 0 unspecified atom stereocenters. The first-order chi connectivity index (χ1) is 15.7. The fourth-order valence-electron chi connectivity index (χ4n) is 4.05. The summed E-state index contributed by atoms with van der Waals surface area (Å²) in [5.41, 5.74) is 1.42. The molecule has 2 aliphatic rings. The van der Waals surface area contributed by atoms with Gasteiger partial charge in [0.1, 0.15) is 5.82 Å². The summed E-state index contributed by atoms with van der Waals surface area (Å²) in [5.74, 6) is 3.27. The van der Waals surface area contributed by atoms with Crippen molar-refractivity contribution in [3.63, 3.8) is 0 Å². The molecule has 0 atom stereocenters. The van der Waals surface area contributed by atoms with Crippen LogP contribution >= 0.6 is 0 Å². The predicted molar refractivity (Wildman–Crippen MR) is 117 cm³/mol. The SMILES string of the molecule is CCCc1noc(-c2cccnc2N2CCCN(C(=O)c3ccc4c(c3)OCO4)CC2)n1. The molecule has 5 rings (SSSR count). The highest BCUT2D eigenvalue weighted by atomic mass is 16.7. The zero-order valence-electron chi connectivity index (χ0n) is 18.0. The highest BCUT2D eigenvalue weighted by molar-refractivity contribution is 5.95. The third kappa shape index (κ3) is 3.98. The van der Waals surface area contributed by atoms with Crippen molar-refractivity contribution >= 4 is 11.7 Å². The molecule has 0 radical (unpaired) electrons. The molecule has 4 heterocycles. The van der Waals surface area contributed by atoms with Gasteiger partial charge in [0.05, 0.1) is 5.56 Å². The molecule has 166 valence electrons. The van der Waals surface area contributed by atoms with Crippen LogP contribution in [0.5, 0.6) is 11.5 Å². The number of carbonyl (C=O) groups is 1. The summed E-state index contributed by atoms with van der Waals surface area (Å²) in [7, 11) is 0. The molecule has 0 N–H and O–H groups in total. The summed E-state index contributed by atoms with van der Waals surface area (Å²) in [5, 5.41) is 4.08. The number of carbonyl (C=O) groups excluding carboxylic acids is 1. The summed E-state index contributed by atoms with van der Waals surface area (Å²) in [6.45, 7) is 4.99. The molecular weight excluding hydrogens is 410 g/mol. The number of rotatable bonds is 5. The minimum absolute atomic E-state index is 0.00694. The van der Waals surface area contributed by atoms with Gasteiger partial charge in [0, 0.05) is 44.4 Å². The lowest BCUT2D eigenvalue weighted by Gasteiger charge is -2.24. The minimum Gasteiger partial charge on any atom is -0.454 e. The number of fused-ring (bicyclic) bond motifs is 1. The summed E-state index contributed by atoms with van der Waals surface area (Å²) in [6, 6.07) is 9.16. The summed E-state index contributed by atoms with van der Waals surface area (Å²) in [4.78, 5) is 26.3. The fourth-order valence-corrected chi connectivity index (χ4v) is 4.05. The van der Waals surface area contributed by atoms with Crippen molar-refractivity contribution < 1.29 is 18.8 Å². The van der Waals surface area contributed by atoms with Gasteiger partial charge in [-0.1, -0.05) is 12.1 Å². The third-order valence-corrected chi connectivity index (χ3v) is 5.66. The predicted octanol–water partition coefficient (Wildman–Crippen LogP) is 3.17. The molecule has 1 amide bonds. The van der Waals surface area contributed by atoms with Crippen molar-refractivity contribution in [3.8, 4) is 23.0 Å². The normalized spacial score (nSPS) is 15.7. The number of hydrogen-bond donors (Lipinski definition) is 0. The lowest BCUT2D eigenvalue weighted by atomic mass is 10.1. The molecule has 0 aliphatic carbocycles. The van der Waals surface area contributed by atoms with Crippen LogP contribution in [0.1, 0.15) is 35.9 Å². The molecule has 1 saturated heterocycles. The number of nitrogens with zero attached hydrogens (tertiary/aromatic N) is 5. The van der Waals surface area contributed by atoms with Gasteiger partial charge < -0.3 is 23.8 Å². The smallest absolute Gasteiger partial charge is 0.261 e. The first-order valence-corrected chi connectivity index (χ1v) is 10.9. The maximum absolute atomic E-state index is 13.1. The van der Waals surface area contributed by atoms with E-state index in [4.69, 9.17) is 14.0 Å². The van der Waals surface area contributed by atoms with Crippen LogP contribution in [0.2, 0.25) is 0 Å². The molecule has 9 heteroatoms. The molecule has 9 nitrogen and oxygen atoms in total. The van der Waals surface area contributed by atoms with Crippen LogP contribution < -0.4 is 14.4 Å². The van der Waals surface area contributed by atoms with E-state index < -0.39 is 0 Å². The topological polar surface area (TPSA) is 93.8 Å². The highest BCUT2D eigenvalue weighted by Gasteiger charge is 2.25. The maximum Gasteiger partial charge on any atom is 0.261 e. The minimum atomic E-state index is -0.00694. The number of hydrogen-bond acceptors (Lipinski definition) is 8. The number of benzene rings is 1. The van der Waals surface area contributed by atoms with E-state index in [2.05, 4.69) is 26.9 Å². The van der Waals surface area contributed by atoms with Crippen LogP contribution in [-0.2, 0) is 6.42 Å². The van der Waals surface area contributed by atoms with Gasteiger partial charge in [-0.25, -0.2) is 4.98 Å². The first kappa shape index (κ1) is 20.3. The van der Waals surface area contributed by atoms with E-state index in [0.717, 1.165) is 37.2 Å². The van der Waals surface area contributed by atoms with Crippen molar-refractivity contribution in [2.75, 3.05) is 37.9 Å². The van der Waals surface area contributed by atoms with Crippen molar-refractivity contribution in [2.45, 2.75) is 26.2 Å². The average Bonchev–Trinajstić information content (AvgIpc) is 3.42. The molecule has 0 bridgehead atoms. The van der Waals surface area contributed by atoms with Gasteiger partial charge in [0.15, 0.2) is 17.3 Å². The van der Waals surface area contributed by atoms with E-state index in [-0.39, 0.29) is 12.7 Å². The number of anilines is 1. The largest absolute Gasteiger partial charge is 0.454 e. The van der Waals surface area contributed by atoms with Gasteiger partial charge in [-0.15, -0.1) is 0 Å². The second kappa shape index (κ2) is 8.86. The molecule has 3 aromatic rings. The summed E-state index contributed by atoms with van der Waals surface area (Å²) >= 11 is 0. The molecule has 0 saturated carbocycles. The van der Waals surface area contributed by atoms with Crippen LogP contribution in [0.25, 0.3) is 11.5 Å². The molecule has 1 aromatic carbocycles. The van der Waals surface area contributed by atoms with Crippen molar-refractivity contribution in [1.82, 2.24) is 20.0 Å². The van der Waals surface area contributed by atoms with Crippen LogP contribution in [0.3, 0.4) is 0 Å². The fraction of sp³-hybridized carbons (Fsp3) is 0.391. The Morgan fingerprint density at radius 3 is 2.91 bits per heavy atom. The molecule has 0 spiro atoms. The van der Waals surface area contributed by atoms with Gasteiger partial charge in [-0.3, -0.25) is 4.79 Å². The molecule has 1 fully saturated rings. The van der Waals surface area contributed by atoms with Gasteiger partial charge >= 0.3 is 0 Å². The van der Waals surface area contributed by atoms with Crippen molar-refractivity contribution in [3.05, 3.63) is 47.9 Å². The third-order valence-electron chi connectivity index (χ3n) is 5.66. The van der Waals surface area contributed by atoms with E-state index in [1.54, 1.807) is 24.4 Å². The highest BCUT2D eigenvalue weighted by Crippen LogP contribution is 2.33. The average molecular weight is 435 g/mol. The summed E-state index contributed by atoms with van der Waals surface area (Å²) in [6.07, 6.45) is 4.33. The Bertz CT molecular complexity index is 1120. The Morgan fingerprint density at radius 1 is 1.09 bits per heavy atom. The Kier molecular flexibility index (Phi) is 5.62. The number of amides is 1. The molecular formula is C23H25N5O4. The molecule has 2 aromatic heterocycles. The first-order valence-electron chi connectivity index (χ1n) is 10.9. The quantitative estimate of drug-likeness (QED) is 0.603. The van der Waals surface area contributed by atoms with Gasteiger partial charge in [-0.05, 0) is 43.2 Å². The Morgan fingerprint density at radius 2 is 2.00 bits per heavy atom. The standard InChI is InChI=1S/C23H25N5O4/c1-2-5-20-25-22(32-26-20)17-6-3-9-24-21(17)27-10-4-11-28(13-12-27)23(29)16-7-8-18-19(14-16)31-15-30-18/h3,6-9,14H,2,4-5,10-13,15H2,1H3. The number of ether oxygens (including phenoxy) is 2. The van der Waals surface area contributed by atoms with Crippen LogP contribution in [0.15, 0.2) is 41.1 Å². The van der Waals surface area contributed by atoms with E-state index >= 15 is 0 Å². The van der Waals surface area contributed by atoms with Crippen LogP contribution in [0.4, 0.5) is 5.82 Å². The zero-order valence-corrected chi connectivity index (χ0v) is 18.0. The van der Waals surface area contributed by atoms with E-state index in [0.29, 0.717) is 48.4 Å². The lowest BCUT2D eigenvalue weighted by molar-refractivity contribution is 0.0766. The lowest BCUT2D eigenvalue weighted by Crippen LogP contribution is -2.35. The Hall–Kier alpha value is -3.62. The van der Waals surface area contributed by atoms with E-state index in [1.165, 1.54) is 0 Å². The Balaban J connectivity index is 1.32. The van der Waals surface area contributed by atoms with Gasteiger partial charge in [0.2, 0.25) is 6.79 Å². The van der Waals surface area contributed by atoms with Crippen molar-refractivity contribution in [1.29, 1.82) is 0 Å².